The predicted molar refractivity (Wildman–Crippen MR) is 54.9 cm³/mol. The summed E-state index contributed by atoms with van der Waals surface area (Å²) in [6.07, 6.45) is 9.85. The first kappa shape index (κ1) is 9.89. The Morgan fingerprint density at radius 1 is 1.00 bits per heavy atom. The Morgan fingerprint density at radius 2 is 1.46 bits per heavy atom. The van der Waals surface area contributed by atoms with Crippen molar-refractivity contribution >= 4 is 8.38 Å². The van der Waals surface area contributed by atoms with Crippen LogP contribution in [0, 0.1) is 0 Å². The molecule has 0 aromatic carbocycles. The molecule has 0 saturated heterocycles. The van der Waals surface area contributed by atoms with Crippen LogP contribution in [0.5, 0.6) is 0 Å². The number of hydrogen-bond acceptors (Lipinski definition) is 2. The highest BCUT2D eigenvalue weighted by atomic mass is 31.2. The van der Waals surface area contributed by atoms with E-state index in [9.17, 15) is 0 Å². The number of rotatable bonds is 5. The van der Waals surface area contributed by atoms with Gasteiger partial charge < -0.3 is 9.05 Å². The van der Waals surface area contributed by atoms with Crippen molar-refractivity contribution in [1.29, 1.82) is 0 Å². The Bertz CT molecular complexity index is 139. The molecule has 2 aliphatic carbocycles. The Kier molecular flexibility index (Phi) is 3.59. The molecule has 0 amide bonds. The normalized spacial score (nSPS) is 24.5. The minimum Gasteiger partial charge on any atom is -0.331 e. The zero-order valence-electron chi connectivity index (χ0n) is 8.37. The van der Waals surface area contributed by atoms with Gasteiger partial charge in [0.1, 0.15) is 0 Å². The summed E-state index contributed by atoms with van der Waals surface area (Å²) in [5.74, 6) is 0. The van der Waals surface area contributed by atoms with Gasteiger partial charge in [-0.05, 0) is 38.5 Å². The first-order valence-corrected chi connectivity index (χ1v) is 6.86. The van der Waals surface area contributed by atoms with E-state index < -0.39 is 8.38 Å². The van der Waals surface area contributed by atoms with Crippen LogP contribution in [-0.4, -0.2) is 18.4 Å². The zero-order valence-corrected chi connectivity index (χ0v) is 9.26. The van der Waals surface area contributed by atoms with Crippen LogP contribution in [0.25, 0.3) is 0 Å². The van der Waals surface area contributed by atoms with Crippen molar-refractivity contribution in [3.05, 3.63) is 0 Å². The zero-order chi connectivity index (χ0) is 9.10. The summed E-state index contributed by atoms with van der Waals surface area (Å²) in [7, 11) is -0.546. The van der Waals surface area contributed by atoms with Gasteiger partial charge in [0, 0.05) is 6.16 Å². The second-order valence-corrected chi connectivity index (χ2v) is 5.69. The molecule has 0 spiro atoms. The van der Waals surface area contributed by atoms with E-state index in [1.54, 1.807) is 0 Å². The molecule has 2 saturated carbocycles. The standard InChI is InChI=1S/C10H19O2P/c1-2-13(11-9-5-3-6-9)12-10-7-4-8-10/h9-10H,2-8H2,1H3. The molecule has 0 unspecified atom stereocenters. The van der Waals surface area contributed by atoms with Gasteiger partial charge in [0.25, 0.3) is 0 Å². The lowest BCUT2D eigenvalue weighted by Crippen LogP contribution is -2.24. The second-order valence-electron chi connectivity index (χ2n) is 3.97. The van der Waals surface area contributed by atoms with E-state index in [4.69, 9.17) is 9.05 Å². The first-order valence-electron chi connectivity index (χ1n) is 5.49. The van der Waals surface area contributed by atoms with E-state index in [1.807, 2.05) is 0 Å². The molecule has 0 radical (unpaired) electrons. The van der Waals surface area contributed by atoms with Gasteiger partial charge in [0.15, 0.2) is 8.38 Å². The molecule has 0 aromatic rings. The van der Waals surface area contributed by atoms with Gasteiger partial charge >= 0.3 is 0 Å². The van der Waals surface area contributed by atoms with Crippen molar-refractivity contribution in [3.8, 4) is 0 Å². The van der Waals surface area contributed by atoms with Gasteiger partial charge in [-0.1, -0.05) is 6.92 Å². The highest BCUT2D eigenvalue weighted by Gasteiger charge is 2.27. The van der Waals surface area contributed by atoms with Crippen LogP contribution in [0.15, 0.2) is 0 Å². The largest absolute Gasteiger partial charge is 0.331 e. The van der Waals surface area contributed by atoms with Gasteiger partial charge in [0.2, 0.25) is 0 Å². The molecule has 0 atom stereocenters. The van der Waals surface area contributed by atoms with E-state index >= 15 is 0 Å². The van der Waals surface area contributed by atoms with Crippen LogP contribution < -0.4 is 0 Å². The van der Waals surface area contributed by atoms with Gasteiger partial charge in [0.05, 0.1) is 12.2 Å². The third-order valence-corrected chi connectivity index (χ3v) is 4.48. The van der Waals surface area contributed by atoms with Crippen LogP contribution in [0.3, 0.4) is 0 Å². The summed E-state index contributed by atoms with van der Waals surface area (Å²) in [6.45, 7) is 2.17. The molecule has 2 fully saturated rings. The van der Waals surface area contributed by atoms with E-state index in [-0.39, 0.29) is 0 Å². The molecule has 2 aliphatic rings. The van der Waals surface area contributed by atoms with Crippen molar-refractivity contribution in [3.63, 3.8) is 0 Å². The molecular formula is C10H19O2P. The molecule has 2 rings (SSSR count). The molecule has 0 aromatic heterocycles. The number of hydrogen-bond donors (Lipinski definition) is 0. The van der Waals surface area contributed by atoms with Crippen LogP contribution in [-0.2, 0) is 9.05 Å². The Morgan fingerprint density at radius 3 is 1.69 bits per heavy atom. The third-order valence-electron chi connectivity index (χ3n) is 2.90. The maximum absolute atomic E-state index is 5.88. The SMILES string of the molecule is CCP(OC1CCC1)OC1CCC1. The summed E-state index contributed by atoms with van der Waals surface area (Å²) >= 11 is 0. The minimum atomic E-state index is -0.546. The molecule has 76 valence electrons. The maximum Gasteiger partial charge on any atom is 0.170 e. The summed E-state index contributed by atoms with van der Waals surface area (Å²) < 4.78 is 11.8. The first-order chi connectivity index (χ1) is 6.38. The van der Waals surface area contributed by atoms with Crippen molar-refractivity contribution in [2.75, 3.05) is 6.16 Å². The van der Waals surface area contributed by atoms with Crippen LogP contribution in [0.1, 0.15) is 45.4 Å². The van der Waals surface area contributed by atoms with E-state index in [1.165, 1.54) is 38.5 Å². The molecule has 0 bridgehead atoms. The fourth-order valence-electron chi connectivity index (χ4n) is 1.46. The summed E-state index contributed by atoms with van der Waals surface area (Å²) in [4.78, 5) is 0. The van der Waals surface area contributed by atoms with E-state index in [0.29, 0.717) is 12.2 Å². The molecule has 0 N–H and O–H groups in total. The monoisotopic (exact) mass is 202 g/mol. The van der Waals surface area contributed by atoms with Gasteiger partial charge in [-0.15, -0.1) is 0 Å². The van der Waals surface area contributed by atoms with Crippen LogP contribution in [0.4, 0.5) is 0 Å². The molecular weight excluding hydrogens is 183 g/mol. The van der Waals surface area contributed by atoms with Crippen molar-refractivity contribution in [2.45, 2.75) is 57.7 Å². The lowest BCUT2D eigenvalue weighted by molar-refractivity contribution is 0.0707. The highest BCUT2D eigenvalue weighted by molar-refractivity contribution is 7.47. The van der Waals surface area contributed by atoms with Crippen molar-refractivity contribution < 1.29 is 9.05 Å². The summed E-state index contributed by atoms with van der Waals surface area (Å²) in [5.41, 5.74) is 0. The van der Waals surface area contributed by atoms with E-state index in [2.05, 4.69) is 6.92 Å². The maximum atomic E-state index is 5.88. The van der Waals surface area contributed by atoms with Crippen LogP contribution >= 0.6 is 8.38 Å². The van der Waals surface area contributed by atoms with Crippen molar-refractivity contribution in [2.24, 2.45) is 0 Å². The summed E-state index contributed by atoms with van der Waals surface area (Å²) in [5, 5.41) is 0. The van der Waals surface area contributed by atoms with Crippen molar-refractivity contribution in [1.82, 2.24) is 0 Å². The molecule has 0 aliphatic heterocycles. The van der Waals surface area contributed by atoms with Crippen LogP contribution in [0.2, 0.25) is 0 Å². The molecule has 0 heterocycles. The predicted octanol–water partition coefficient (Wildman–Crippen LogP) is 3.46. The molecule has 2 nitrogen and oxygen atoms in total. The highest BCUT2D eigenvalue weighted by Crippen LogP contribution is 2.46. The third kappa shape index (κ3) is 2.65. The quantitative estimate of drug-likeness (QED) is 0.635. The lowest BCUT2D eigenvalue weighted by atomic mass is 9.97. The molecule has 13 heavy (non-hydrogen) atoms. The van der Waals surface area contributed by atoms with E-state index in [0.717, 1.165) is 6.16 Å². The second kappa shape index (κ2) is 4.72. The Hall–Kier alpha value is 0.350. The topological polar surface area (TPSA) is 18.5 Å². The van der Waals surface area contributed by atoms with Gasteiger partial charge in [-0.25, -0.2) is 0 Å². The van der Waals surface area contributed by atoms with Gasteiger partial charge in [-0.3, -0.25) is 0 Å². The Labute approximate surface area is 81.9 Å². The average Bonchev–Trinajstić information content (AvgIpc) is 1.98. The average molecular weight is 202 g/mol. The fraction of sp³-hybridized carbons (Fsp3) is 1.00. The Balaban J connectivity index is 1.65. The van der Waals surface area contributed by atoms with Gasteiger partial charge in [-0.2, -0.15) is 0 Å². The molecule has 3 heteroatoms. The summed E-state index contributed by atoms with van der Waals surface area (Å²) in [6, 6.07) is 0. The minimum absolute atomic E-state index is 0.533. The lowest BCUT2D eigenvalue weighted by Gasteiger charge is -2.33. The smallest absolute Gasteiger partial charge is 0.170 e. The fourth-order valence-corrected chi connectivity index (χ4v) is 2.89.